The van der Waals surface area contributed by atoms with E-state index in [1.807, 2.05) is 50.2 Å². The van der Waals surface area contributed by atoms with Gasteiger partial charge in [-0.15, -0.1) is 0 Å². The third-order valence-corrected chi connectivity index (χ3v) is 5.90. The van der Waals surface area contributed by atoms with Crippen LogP contribution in [0.15, 0.2) is 48.5 Å². The van der Waals surface area contributed by atoms with Gasteiger partial charge in [-0.05, 0) is 49.2 Å². The third-order valence-electron chi connectivity index (χ3n) is 5.30. The van der Waals surface area contributed by atoms with Crippen molar-refractivity contribution in [1.82, 2.24) is 14.6 Å². The standard InChI is InChI=1S/C24H27N5O4S/c1-15-12-22(25-14-17-6-9-19(10-7-17)28-34(5,30)31)29-24(26-15)23(16(2)27-29)18-8-11-20(32-3)21(13-18)33-4/h6-13,25,28H,14H2,1-5H3. The highest BCUT2D eigenvalue weighted by Gasteiger charge is 2.18. The van der Waals surface area contributed by atoms with Gasteiger partial charge in [0.15, 0.2) is 17.1 Å². The maximum atomic E-state index is 11.4. The highest BCUT2D eigenvalue weighted by molar-refractivity contribution is 7.92. The molecule has 10 heteroatoms. The van der Waals surface area contributed by atoms with Crippen LogP contribution in [0.1, 0.15) is 17.0 Å². The Morgan fingerprint density at radius 1 is 0.971 bits per heavy atom. The van der Waals surface area contributed by atoms with Crippen molar-refractivity contribution in [3.05, 3.63) is 65.5 Å². The minimum atomic E-state index is -3.31. The van der Waals surface area contributed by atoms with Crippen molar-refractivity contribution < 1.29 is 17.9 Å². The van der Waals surface area contributed by atoms with Gasteiger partial charge in [-0.3, -0.25) is 4.72 Å². The Morgan fingerprint density at radius 3 is 2.32 bits per heavy atom. The Kier molecular flexibility index (Phi) is 6.34. The van der Waals surface area contributed by atoms with Gasteiger partial charge in [-0.1, -0.05) is 18.2 Å². The average Bonchev–Trinajstić information content (AvgIpc) is 3.12. The molecule has 0 saturated carbocycles. The van der Waals surface area contributed by atoms with E-state index in [0.717, 1.165) is 45.8 Å². The van der Waals surface area contributed by atoms with Crippen LogP contribution < -0.4 is 19.5 Å². The van der Waals surface area contributed by atoms with Gasteiger partial charge >= 0.3 is 0 Å². The number of benzene rings is 2. The van der Waals surface area contributed by atoms with Crippen molar-refractivity contribution in [2.45, 2.75) is 20.4 Å². The second-order valence-electron chi connectivity index (χ2n) is 7.97. The van der Waals surface area contributed by atoms with Crippen LogP contribution in [-0.2, 0) is 16.6 Å². The predicted octanol–water partition coefficient (Wildman–Crippen LogP) is 4.01. The van der Waals surface area contributed by atoms with Gasteiger partial charge in [-0.25, -0.2) is 13.4 Å². The minimum Gasteiger partial charge on any atom is -0.493 e. The van der Waals surface area contributed by atoms with Crippen LogP contribution in [0.2, 0.25) is 0 Å². The molecular formula is C24H27N5O4S. The third kappa shape index (κ3) is 4.91. The Morgan fingerprint density at radius 2 is 1.68 bits per heavy atom. The number of ether oxygens (including phenoxy) is 2. The molecule has 4 aromatic rings. The Labute approximate surface area is 198 Å². The summed E-state index contributed by atoms with van der Waals surface area (Å²) in [4.78, 5) is 4.76. The monoisotopic (exact) mass is 481 g/mol. The fourth-order valence-corrected chi connectivity index (χ4v) is 4.36. The van der Waals surface area contributed by atoms with Crippen molar-refractivity contribution >= 4 is 27.2 Å². The van der Waals surface area contributed by atoms with Gasteiger partial charge < -0.3 is 14.8 Å². The van der Waals surface area contributed by atoms with E-state index in [9.17, 15) is 8.42 Å². The highest BCUT2D eigenvalue weighted by Crippen LogP contribution is 2.35. The lowest BCUT2D eigenvalue weighted by Gasteiger charge is -2.11. The summed E-state index contributed by atoms with van der Waals surface area (Å²) in [6.45, 7) is 4.42. The number of nitrogens with zero attached hydrogens (tertiary/aromatic N) is 3. The summed E-state index contributed by atoms with van der Waals surface area (Å²) in [5.74, 6) is 2.10. The number of rotatable bonds is 8. The van der Waals surface area contributed by atoms with E-state index < -0.39 is 10.0 Å². The number of hydrogen-bond acceptors (Lipinski definition) is 7. The number of aromatic nitrogens is 3. The number of anilines is 2. The van der Waals surface area contributed by atoms with Crippen molar-refractivity contribution in [1.29, 1.82) is 0 Å². The van der Waals surface area contributed by atoms with Crippen LogP contribution in [0.4, 0.5) is 11.5 Å². The maximum Gasteiger partial charge on any atom is 0.229 e. The normalized spacial score (nSPS) is 11.4. The van der Waals surface area contributed by atoms with Crippen LogP contribution in [0.25, 0.3) is 16.8 Å². The molecule has 0 unspecified atom stereocenters. The SMILES string of the molecule is COc1ccc(-c2c(C)nn3c(NCc4ccc(NS(C)(=O)=O)cc4)cc(C)nc23)cc1OC. The number of methoxy groups -OCH3 is 2. The molecule has 0 saturated heterocycles. The van der Waals surface area contributed by atoms with Crippen LogP contribution >= 0.6 is 0 Å². The first-order valence-electron chi connectivity index (χ1n) is 10.6. The summed E-state index contributed by atoms with van der Waals surface area (Å²) < 4.78 is 37.9. The van der Waals surface area contributed by atoms with Gasteiger partial charge in [0.05, 0.1) is 26.2 Å². The Bertz CT molecular complexity index is 1450. The lowest BCUT2D eigenvalue weighted by Crippen LogP contribution is -2.10. The van der Waals surface area contributed by atoms with E-state index in [2.05, 4.69) is 10.0 Å². The number of aryl methyl sites for hydroxylation is 2. The van der Waals surface area contributed by atoms with E-state index in [1.54, 1.807) is 30.9 Å². The Hall–Kier alpha value is -3.79. The maximum absolute atomic E-state index is 11.4. The molecule has 0 fully saturated rings. The molecule has 0 aliphatic rings. The first kappa shape index (κ1) is 23.4. The molecule has 178 valence electrons. The summed E-state index contributed by atoms with van der Waals surface area (Å²) in [7, 11) is -0.0889. The molecular weight excluding hydrogens is 454 g/mol. The molecule has 0 radical (unpaired) electrons. The van der Waals surface area contributed by atoms with E-state index in [0.29, 0.717) is 23.7 Å². The molecule has 9 nitrogen and oxygen atoms in total. The van der Waals surface area contributed by atoms with Gasteiger partial charge in [-0.2, -0.15) is 9.61 Å². The van der Waals surface area contributed by atoms with Crippen molar-refractivity contribution in [2.75, 3.05) is 30.5 Å². The second kappa shape index (κ2) is 9.22. The zero-order valence-electron chi connectivity index (χ0n) is 19.7. The largest absolute Gasteiger partial charge is 0.493 e. The summed E-state index contributed by atoms with van der Waals surface area (Å²) in [6.07, 6.45) is 1.13. The van der Waals surface area contributed by atoms with E-state index in [1.165, 1.54) is 0 Å². The topological polar surface area (TPSA) is 107 Å². The Balaban J connectivity index is 1.65. The molecule has 0 amide bonds. The summed E-state index contributed by atoms with van der Waals surface area (Å²) >= 11 is 0. The van der Waals surface area contributed by atoms with Gasteiger partial charge in [0.2, 0.25) is 10.0 Å². The molecule has 0 atom stereocenters. The highest BCUT2D eigenvalue weighted by atomic mass is 32.2. The number of hydrogen-bond donors (Lipinski definition) is 2. The molecule has 2 aromatic heterocycles. The van der Waals surface area contributed by atoms with Gasteiger partial charge in [0, 0.05) is 29.6 Å². The quantitative estimate of drug-likeness (QED) is 0.391. The second-order valence-corrected chi connectivity index (χ2v) is 9.72. The van der Waals surface area contributed by atoms with Gasteiger partial charge in [0.25, 0.3) is 0 Å². The average molecular weight is 482 g/mol. The molecule has 0 aliphatic heterocycles. The van der Waals surface area contributed by atoms with E-state index in [4.69, 9.17) is 19.6 Å². The summed E-state index contributed by atoms with van der Waals surface area (Å²) in [5, 5.41) is 8.16. The molecule has 2 aromatic carbocycles. The lowest BCUT2D eigenvalue weighted by molar-refractivity contribution is 0.355. The number of sulfonamides is 1. The predicted molar refractivity (Wildman–Crippen MR) is 133 cm³/mol. The van der Waals surface area contributed by atoms with E-state index >= 15 is 0 Å². The molecule has 0 aliphatic carbocycles. The van der Waals surface area contributed by atoms with Crippen LogP contribution in [-0.4, -0.2) is 43.5 Å². The molecule has 2 N–H and O–H groups in total. The van der Waals surface area contributed by atoms with Crippen LogP contribution in [0.5, 0.6) is 11.5 Å². The lowest BCUT2D eigenvalue weighted by atomic mass is 10.1. The molecule has 34 heavy (non-hydrogen) atoms. The summed E-state index contributed by atoms with van der Waals surface area (Å²) in [5.41, 5.74) is 5.79. The molecule has 4 rings (SSSR count). The fraction of sp³-hybridized carbons (Fsp3) is 0.250. The number of fused-ring (bicyclic) bond motifs is 1. The first-order chi connectivity index (χ1) is 16.2. The van der Waals surface area contributed by atoms with E-state index in [-0.39, 0.29) is 0 Å². The molecule has 2 heterocycles. The van der Waals surface area contributed by atoms with Crippen LogP contribution in [0, 0.1) is 13.8 Å². The zero-order chi connectivity index (χ0) is 24.5. The fourth-order valence-electron chi connectivity index (χ4n) is 3.80. The zero-order valence-corrected chi connectivity index (χ0v) is 20.5. The van der Waals surface area contributed by atoms with Crippen molar-refractivity contribution in [3.8, 4) is 22.6 Å². The first-order valence-corrected chi connectivity index (χ1v) is 12.5. The molecule has 0 spiro atoms. The minimum absolute atomic E-state index is 0.524. The molecule has 0 bridgehead atoms. The van der Waals surface area contributed by atoms with Crippen molar-refractivity contribution in [3.63, 3.8) is 0 Å². The smallest absolute Gasteiger partial charge is 0.229 e. The summed E-state index contributed by atoms with van der Waals surface area (Å²) in [6, 6.07) is 14.9. The van der Waals surface area contributed by atoms with Crippen LogP contribution in [0.3, 0.4) is 0 Å². The van der Waals surface area contributed by atoms with Gasteiger partial charge in [0.1, 0.15) is 5.82 Å². The van der Waals surface area contributed by atoms with Crippen molar-refractivity contribution in [2.24, 2.45) is 0 Å². The number of nitrogens with one attached hydrogen (secondary N) is 2.